The Kier molecular flexibility index (Phi) is 8.74. The van der Waals surface area contributed by atoms with E-state index in [1.165, 1.54) is 0 Å². The van der Waals surface area contributed by atoms with Gasteiger partial charge in [-0.15, -0.1) is 6.58 Å². The van der Waals surface area contributed by atoms with E-state index in [0.29, 0.717) is 19.6 Å². The van der Waals surface area contributed by atoms with Gasteiger partial charge in [0.05, 0.1) is 6.61 Å². The number of ether oxygens (including phenoxy) is 2. The van der Waals surface area contributed by atoms with E-state index in [2.05, 4.69) is 11.9 Å². The van der Waals surface area contributed by atoms with Crippen molar-refractivity contribution in [2.75, 3.05) is 13.2 Å². The Balaban J connectivity index is 1.71. The highest BCUT2D eigenvalue weighted by Crippen LogP contribution is 2.32. The lowest BCUT2D eigenvalue weighted by molar-refractivity contribution is 0.0526. The number of ketones is 1. The molecule has 160 valence electrons. The first-order chi connectivity index (χ1) is 13.8. The second-order valence-electron chi connectivity index (χ2n) is 8.53. The molecule has 1 aromatic carbocycles. The molecule has 29 heavy (non-hydrogen) atoms. The van der Waals surface area contributed by atoms with E-state index in [0.717, 1.165) is 67.4 Å². The van der Waals surface area contributed by atoms with Gasteiger partial charge in [-0.05, 0) is 70.6 Å². The molecule has 1 aromatic rings. The van der Waals surface area contributed by atoms with Crippen LogP contribution in [0.3, 0.4) is 0 Å². The molecule has 5 nitrogen and oxygen atoms in total. The zero-order valence-corrected chi connectivity index (χ0v) is 18.1. The summed E-state index contributed by atoms with van der Waals surface area (Å²) < 4.78 is 11.3. The summed E-state index contributed by atoms with van der Waals surface area (Å²) >= 11 is 0. The maximum atomic E-state index is 12.1. The van der Waals surface area contributed by atoms with Gasteiger partial charge >= 0.3 is 6.09 Å². The minimum atomic E-state index is -0.462. The van der Waals surface area contributed by atoms with Gasteiger partial charge in [0, 0.05) is 24.1 Å². The highest BCUT2D eigenvalue weighted by Gasteiger charge is 2.22. The van der Waals surface area contributed by atoms with Crippen LogP contribution in [0, 0.1) is 0 Å². The molecule has 1 N–H and O–H groups in total. The van der Waals surface area contributed by atoms with Crippen molar-refractivity contribution in [2.45, 2.75) is 77.7 Å². The third kappa shape index (κ3) is 7.56. The lowest BCUT2D eigenvalue weighted by atomic mass is 9.86. The van der Waals surface area contributed by atoms with Crippen LogP contribution in [0.1, 0.15) is 80.8 Å². The number of hydrogen-bond donors (Lipinski definition) is 1. The number of Topliss-reactive ketones (excluding diaryl/α,β-unsaturated/α-hetero) is 1. The maximum absolute atomic E-state index is 12.1. The third-order valence-electron chi connectivity index (χ3n) is 4.86. The Morgan fingerprint density at radius 3 is 2.66 bits per heavy atom. The fraction of sp³-hybridized carbons (Fsp3) is 0.583. The highest BCUT2D eigenvalue weighted by atomic mass is 16.6. The van der Waals surface area contributed by atoms with Crippen LogP contribution in [0.5, 0.6) is 5.75 Å². The summed E-state index contributed by atoms with van der Waals surface area (Å²) in [7, 11) is 0. The van der Waals surface area contributed by atoms with Crippen LogP contribution >= 0.6 is 0 Å². The lowest BCUT2D eigenvalue weighted by Crippen LogP contribution is -2.32. The number of hydrogen-bond acceptors (Lipinski definition) is 4. The summed E-state index contributed by atoms with van der Waals surface area (Å²) in [6.07, 6.45) is 8.67. The van der Waals surface area contributed by atoms with Gasteiger partial charge in [-0.25, -0.2) is 4.79 Å². The number of carbonyl (C=O) groups is 2. The average molecular weight is 402 g/mol. The zero-order valence-electron chi connectivity index (χ0n) is 18.1. The second kappa shape index (κ2) is 11.0. The molecule has 0 unspecified atom stereocenters. The van der Waals surface area contributed by atoms with Crippen molar-refractivity contribution < 1.29 is 19.1 Å². The normalized spacial score (nSPS) is 13.6. The molecular formula is C24H35NO4. The van der Waals surface area contributed by atoms with Crippen molar-refractivity contribution >= 4 is 11.9 Å². The van der Waals surface area contributed by atoms with E-state index in [-0.39, 0.29) is 11.9 Å². The molecule has 5 heteroatoms. The first-order valence-electron chi connectivity index (χ1n) is 10.7. The molecule has 0 fully saturated rings. The Labute approximate surface area is 174 Å². The van der Waals surface area contributed by atoms with Gasteiger partial charge in [0.1, 0.15) is 11.4 Å². The summed E-state index contributed by atoms with van der Waals surface area (Å²) in [4.78, 5) is 23.7. The van der Waals surface area contributed by atoms with E-state index in [1.54, 1.807) is 0 Å². The van der Waals surface area contributed by atoms with Gasteiger partial charge in [0.15, 0.2) is 5.78 Å². The van der Waals surface area contributed by atoms with Crippen LogP contribution in [0.25, 0.3) is 0 Å². The van der Waals surface area contributed by atoms with Crippen molar-refractivity contribution in [1.29, 1.82) is 0 Å². The number of fused-ring (bicyclic) bond motifs is 1. The number of amides is 1. The Bertz CT molecular complexity index is 718. The van der Waals surface area contributed by atoms with Gasteiger partial charge in [-0.3, -0.25) is 4.79 Å². The molecule has 0 saturated heterocycles. The van der Waals surface area contributed by atoms with Crippen LogP contribution in [-0.4, -0.2) is 30.6 Å². The molecule has 0 aliphatic heterocycles. The Morgan fingerprint density at radius 2 is 1.93 bits per heavy atom. The summed E-state index contributed by atoms with van der Waals surface area (Å²) in [5.74, 6) is 1.12. The van der Waals surface area contributed by atoms with Crippen LogP contribution in [0.4, 0.5) is 4.79 Å². The molecule has 0 aromatic heterocycles. The molecule has 0 heterocycles. The van der Waals surface area contributed by atoms with Crippen LogP contribution in [-0.2, 0) is 17.6 Å². The van der Waals surface area contributed by atoms with Crippen molar-refractivity contribution in [2.24, 2.45) is 0 Å². The van der Waals surface area contributed by atoms with Gasteiger partial charge in [0.2, 0.25) is 0 Å². The third-order valence-corrected chi connectivity index (χ3v) is 4.86. The topological polar surface area (TPSA) is 64.6 Å². The standard InChI is InChI=1S/C24H35NO4/c1-5-11-20-18-12-10-13-21(26)19(18)14-15-22(20)28-17-9-7-6-8-16-25-23(27)29-24(2,3)4/h5,14-15H,1,6-13,16-17H2,2-4H3,(H,25,27). The largest absolute Gasteiger partial charge is 0.493 e. The fourth-order valence-electron chi connectivity index (χ4n) is 3.55. The molecule has 1 aliphatic rings. The number of carbonyl (C=O) groups excluding carboxylic acids is 2. The van der Waals surface area contributed by atoms with Crippen LogP contribution < -0.4 is 10.1 Å². The molecular weight excluding hydrogens is 366 g/mol. The van der Waals surface area contributed by atoms with E-state index in [1.807, 2.05) is 39.0 Å². The van der Waals surface area contributed by atoms with E-state index < -0.39 is 5.60 Å². The summed E-state index contributed by atoms with van der Waals surface area (Å²) in [5, 5.41) is 2.78. The minimum Gasteiger partial charge on any atom is -0.493 e. The summed E-state index contributed by atoms with van der Waals surface area (Å²) in [5.41, 5.74) is 2.66. The zero-order chi connectivity index (χ0) is 21.3. The molecule has 0 atom stereocenters. The van der Waals surface area contributed by atoms with Gasteiger partial charge in [-0.2, -0.15) is 0 Å². The number of allylic oxidation sites excluding steroid dienone is 1. The molecule has 0 saturated carbocycles. The number of rotatable bonds is 10. The Hall–Kier alpha value is -2.30. The van der Waals surface area contributed by atoms with Crippen LogP contribution in [0.15, 0.2) is 24.8 Å². The molecule has 0 spiro atoms. The van der Waals surface area contributed by atoms with Gasteiger partial charge in [0.25, 0.3) is 0 Å². The maximum Gasteiger partial charge on any atom is 0.407 e. The first-order valence-corrected chi connectivity index (χ1v) is 10.7. The number of benzene rings is 1. The average Bonchev–Trinajstić information content (AvgIpc) is 2.64. The van der Waals surface area contributed by atoms with Crippen molar-refractivity contribution in [3.63, 3.8) is 0 Å². The minimum absolute atomic E-state index is 0.239. The number of unbranched alkanes of at least 4 members (excludes halogenated alkanes) is 3. The van der Waals surface area contributed by atoms with E-state index in [9.17, 15) is 9.59 Å². The van der Waals surface area contributed by atoms with E-state index >= 15 is 0 Å². The lowest BCUT2D eigenvalue weighted by Gasteiger charge is -2.21. The first kappa shape index (κ1) is 23.0. The predicted molar refractivity (Wildman–Crippen MR) is 116 cm³/mol. The fourth-order valence-corrected chi connectivity index (χ4v) is 3.55. The number of nitrogens with one attached hydrogen (secondary N) is 1. The van der Waals surface area contributed by atoms with Crippen LogP contribution in [0.2, 0.25) is 0 Å². The van der Waals surface area contributed by atoms with Crippen molar-refractivity contribution in [3.8, 4) is 5.75 Å². The van der Waals surface area contributed by atoms with Gasteiger partial charge < -0.3 is 14.8 Å². The SMILES string of the molecule is C=CCc1c(OCCCCCCNC(=O)OC(C)(C)C)ccc2c1CCCC2=O. The molecule has 0 radical (unpaired) electrons. The summed E-state index contributed by atoms with van der Waals surface area (Å²) in [6.45, 7) is 10.7. The van der Waals surface area contributed by atoms with E-state index in [4.69, 9.17) is 9.47 Å². The van der Waals surface area contributed by atoms with Gasteiger partial charge in [-0.1, -0.05) is 18.9 Å². The second-order valence-corrected chi connectivity index (χ2v) is 8.53. The quantitative estimate of drug-likeness (QED) is 0.421. The predicted octanol–water partition coefficient (Wildman–Crippen LogP) is 5.40. The van der Waals surface area contributed by atoms with Crippen molar-refractivity contribution in [1.82, 2.24) is 5.32 Å². The van der Waals surface area contributed by atoms with Crippen molar-refractivity contribution in [3.05, 3.63) is 41.5 Å². The molecule has 1 aliphatic carbocycles. The smallest absolute Gasteiger partial charge is 0.407 e. The molecule has 1 amide bonds. The Morgan fingerprint density at radius 1 is 1.17 bits per heavy atom. The monoisotopic (exact) mass is 401 g/mol. The molecule has 2 rings (SSSR count). The summed E-state index contributed by atoms with van der Waals surface area (Å²) in [6, 6.07) is 3.85. The highest BCUT2D eigenvalue weighted by molar-refractivity contribution is 5.99. The molecule has 0 bridgehead atoms. The number of alkyl carbamates (subject to hydrolysis) is 1.